The summed E-state index contributed by atoms with van der Waals surface area (Å²) >= 11 is 0. The van der Waals surface area contributed by atoms with Crippen molar-refractivity contribution in [2.75, 3.05) is 37.7 Å². The van der Waals surface area contributed by atoms with E-state index >= 15 is 0 Å². The first-order valence-corrected chi connectivity index (χ1v) is 11.5. The molecule has 1 N–H and O–H groups in total. The van der Waals surface area contributed by atoms with Crippen molar-refractivity contribution < 1.29 is 9.47 Å². The Morgan fingerprint density at radius 1 is 1.10 bits per heavy atom. The van der Waals surface area contributed by atoms with Gasteiger partial charge >= 0.3 is 0 Å². The van der Waals surface area contributed by atoms with Gasteiger partial charge in [0.1, 0.15) is 12.4 Å². The number of aromatic nitrogens is 1. The summed E-state index contributed by atoms with van der Waals surface area (Å²) in [4.78, 5) is 6.92. The molecule has 3 heterocycles. The molecule has 2 aliphatic heterocycles. The topological polar surface area (TPSA) is 46.6 Å². The fraction of sp³-hybridized carbons (Fsp3) is 0.560. The van der Waals surface area contributed by atoms with Crippen LogP contribution in [0, 0.1) is 5.92 Å². The van der Waals surface area contributed by atoms with E-state index in [9.17, 15) is 0 Å². The van der Waals surface area contributed by atoms with E-state index in [0.29, 0.717) is 12.6 Å². The lowest BCUT2D eigenvalue weighted by molar-refractivity contribution is 0.113. The van der Waals surface area contributed by atoms with Gasteiger partial charge in [0, 0.05) is 31.8 Å². The SMILES string of the molecule is c1ccc(COCCCC2CCCN(c3cncc(OCC4CCCN4)c3)C2)cc1. The van der Waals surface area contributed by atoms with Gasteiger partial charge < -0.3 is 19.7 Å². The molecule has 2 aromatic rings. The van der Waals surface area contributed by atoms with Crippen LogP contribution >= 0.6 is 0 Å². The summed E-state index contributed by atoms with van der Waals surface area (Å²) in [6.45, 7) is 5.61. The number of pyridine rings is 1. The zero-order chi connectivity index (χ0) is 20.4. The lowest BCUT2D eigenvalue weighted by Gasteiger charge is -2.34. The second-order valence-corrected chi connectivity index (χ2v) is 8.62. The maximum absolute atomic E-state index is 6.01. The molecule has 0 aliphatic carbocycles. The normalized spacial score (nSPS) is 21.7. The van der Waals surface area contributed by atoms with E-state index in [0.717, 1.165) is 50.9 Å². The van der Waals surface area contributed by atoms with Crippen molar-refractivity contribution in [1.82, 2.24) is 10.3 Å². The highest BCUT2D eigenvalue weighted by atomic mass is 16.5. The van der Waals surface area contributed by atoms with Gasteiger partial charge in [0.15, 0.2) is 0 Å². The Bertz CT molecular complexity index is 749. The Hall–Kier alpha value is -2.11. The average molecular weight is 410 g/mol. The molecule has 2 aliphatic rings. The summed E-state index contributed by atoms with van der Waals surface area (Å²) < 4.78 is 11.9. The number of rotatable bonds is 10. The Balaban J connectivity index is 1.19. The van der Waals surface area contributed by atoms with E-state index < -0.39 is 0 Å². The summed E-state index contributed by atoms with van der Waals surface area (Å²) in [5.74, 6) is 1.61. The standard InChI is InChI=1S/C25H35N3O2/c1-2-7-22(8-3-1)19-29-14-6-10-21-9-5-13-28(18-21)24-15-25(17-26-16-24)30-20-23-11-4-12-27-23/h1-3,7-8,15-17,21,23,27H,4-6,9-14,18-20H2. The van der Waals surface area contributed by atoms with Crippen LogP contribution in [0.4, 0.5) is 5.69 Å². The zero-order valence-corrected chi connectivity index (χ0v) is 18.0. The van der Waals surface area contributed by atoms with Crippen molar-refractivity contribution >= 4 is 5.69 Å². The van der Waals surface area contributed by atoms with Crippen LogP contribution in [0.15, 0.2) is 48.8 Å². The fourth-order valence-corrected chi connectivity index (χ4v) is 4.53. The maximum Gasteiger partial charge on any atom is 0.139 e. The summed E-state index contributed by atoms with van der Waals surface area (Å²) in [6, 6.07) is 13.1. The molecule has 0 radical (unpaired) electrons. The van der Waals surface area contributed by atoms with E-state index in [1.165, 1.54) is 43.4 Å². The molecule has 162 valence electrons. The highest BCUT2D eigenvalue weighted by molar-refractivity contribution is 5.48. The van der Waals surface area contributed by atoms with Crippen LogP contribution in [0.3, 0.4) is 0 Å². The minimum absolute atomic E-state index is 0.483. The summed E-state index contributed by atoms with van der Waals surface area (Å²) in [6.07, 6.45) is 11.2. The van der Waals surface area contributed by atoms with Gasteiger partial charge in [-0.25, -0.2) is 0 Å². The van der Waals surface area contributed by atoms with Crippen LogP contribution in [0.2, 0.25) is 0 Å². The van der Waals surface area contributed by atoms with Crippen molar-refractivity contribution in [3.05, 3.63) is 54.4 Å². The largest absolute Gasteiger partial charge is 0.490 e. The van der Waals surface area contributed by atoms with Crippen LogP contribution in [0.5, 0.6) is 5.75 Å². The molecular formula is C25H35N3O2. The molecule has 2 atom stereocenters. The van der Waals surface area contributed by atoms with Crippen molar-refractivity contribution in [2.24, 2.45) is 5.92 Å². The number of anilines is 1. The van der Waals surface area contributed by atoms with Crippen LogP contribution < -0.4 is 15.0 Å². The molecule has 0 amide bonds. The van der Waals surface area contributed by atoms with Crippen LogP contribution in [0.25, 0.3) is 0 Å². The van der Waals surface area contributed by atoms with E-state index in [-0.39, 0.29) is 0 Å². The number of benzene rings is 1. The third-order valence-corrected chi connectivity index (χ3v) is 6.21. The van der Waals surface area contributed by atoms with Gasteiger partial charge in [0.2, 0.25) is 0 Å². The minimum Gasteiger partial charge on any atom is -0.490 e. The predicted octanol–water partition coefficient (Wildman–Crippen LogP) is 4.43. The van der Waals surface area contributed by atoms with Crippen molar-refractivity contribution in [2.45, 2.75) is 51.2 Å². The zero-order valence-electron chi connectivity index (χ0n) is 18.0. The molecule has 1 aromatic heterocycles. The molecule has 0 bridgehead atoms. The van der Waals surface area contributed by atoms with E-state index in [1.54, 1.807) is 0 Å². The third-order valence-electron chi connectivity index (χ3n) is 6.21. The van der Waals surface area contributed by atoms with Gasteiger partial charge in [0.25, 0.3) is 0 Å². The summed E-state index contributed by atoms with van der Waals surface area (Å²) in [5.41, 5.74) is 2.44. The quantitative estimate of drug-likeness (QED) is 0.589. The smallest absolute Gasteiger partial charge is 0.139 e. The number of ether oxygens (including phenoxy) is 2. The number of nitrogens with one attached hydrogen (secondary N) is 1. The number of nitrogens with zero attached hydrogens (tertiary/aromatic N) is 2. The first-order valence-electron chi connectivity index (χ1n) is 11.5. The Kier molecular flexibility index (Phi) is 7.98. The first kappa shape index (κ1) is 21.1. The second kappa shape index (κ2) is 11.3. The highest BCUT2D eigenvalue weighted by Crippen LogP contribution is 2.27. The monoisotopic (exact) mass is 409 g/mol. The molecule has 0 spiro atoms. The maximum atomic E-state index is 6.01. The van der Waals surface area contributed by atoms with Crippen LogP contribution in [-0.4, -0.2) is 43.9 Å². The van der Waals surface area contributed by atoms with Gasteiger partial charge in [-0.2, -0.15) is 0 Å². The average Bonchev–Trinajstić information content (AvgIpc) is 3.32. The fourth-order valence-electron chi connectivity index (χ4n) is 4.53. The molecule has 30 heavy (non-hydrogen) atoms. The van der Waals surface area contributed by atoms with E-state index in [4.69, 9.17) is 9.47 Å². The highest BCUT2D eigenvalue weighted by Gasteiger charge is 2.21. The van der Waals surface area contributed by atoms with Gasteiger partial charge in [-0.15, -0.1) is 0 Å². The lowest BCUT2D eigenvalue weighted by atomic mass is 9.93. The summed E-state index contributed by atoms with van der Waals surface area (Å²) in [5, 5.41) is 3.48. The molecule has 2 fully saturated rings. The number of hydrogen-bond donors (Lipinski definition) is 1. The lowest BCUT2D eigenvalue weighted by Crippen LogP contribution is -2.35. The van der Waals surface area contributed by atoms with E-state index in [2.05, 4.69) is 45.5 Å². The predicted molar refractivity (Wildman–Crippen MR) is 121 cm³/mol. The van der Waals surface area contributed by atoms with Crippen molar-refractivity contribution in [3.8, 4) is 5.75 Å². The van der Waals surface area contributed by atoms with Crippen LogP contribution in [0.1, 0.15) is 44.1 Å². The third kappa shape index (κ3) is 6.44. The first-order chi connectivity index (χ1) is 14.9. The van der Waals surface area contributed by atoms with Crippen LogP contribution in [-0.2, 0) is 11.3 Å². The molecular weight excluding hydrogens is 374 g/mol. The van der Waals surface area contributed by atoms with Gasteiger partial charge in [0.05, 0.1) is 24.7 Å². The van der Waals surface area contributed by atoms with Gasteiger partial charge in [-0.1, -0.05) is 30.3 Å². The molecule has 5 nitrogen and oxygen atoms in total. The Labute approximate surface area is 180 Å². The molecule has 4 rings (SSSR count). The molecule has 2 saturated heterocycles. The molecule has 5 heteroatoms. The molecule has 2 unspecified atom stereocenters. The molecule has 1 aromatic carbocycles. The van der Waals surface area contributed by atoms with E-state index in [1.807, 2.05) is 18.5 Å². The van der Waals surface area contributed by atoms with Gasteiger partial charge in [-0.05, 0) is 56.6 Å². The minimum atomic E-state index is 0.483. The van der Waals surface area contributed by atoms with Crippen molar-refractivity contribution in [1.29, 1.82) is 0 Å². The Morgan fingerprint density at radius 2 is 2.03 bits per heavy atom. The summed E-state index contributed by atoms with van der Waals surface area (Å²) in [7, 11) is 0. The molecule has 0 saturated carbocycles. The number of hydrogen-bond acceptors (Lipinski definition) is 5. The second-order valence-electron chi connectivity index (χ2n) is 8.62. The Morgan fingerprint density at radius 3 is 2.90 bits per heavy atom. The van der Waals surface area contributed by atoms with Crippen molar-refractivity contribution in [3.63, 3.8) is 0 Å². The van der Waals surface area contributed by atoms with Gasteiger partial charge in [-0.3, -0.25) is 4.98 Å². The number of piperidine rings is 1.